The maximum absolute atomic E-state index is 12.8. The van der Waals surface area contributed by atoms with Crippen molar-refractivity contribution >= 4 is 50.4 Å². The Labute approximate surface area is 178 Å². The van der Waals surface area contributed by atoms with Crippen molar-refractivity contribution in [3.05, 3.63) is 50.3 Å². The van der Waals surface area contributed by atoms with E-state index in [0.29, 0.717) is 10.4 Å². The number of aryl methyl sites for hydroxylation is 3. The van der Waals surface area contributed by atoms with E-state index in [9.17, 15) is 9.59 Å². The zero-order valence-electron chi connectivity index (χ0n) is 16.5. The molecule has 2 aromatic heterocycles. The summed E-state index contributed by atoms with van der Waals surface area (Å²) in [6.45, 7) is 6.16. The molecular formula is C21H23ClN4O2S. The van der Waals surface area contributed by atoms with Crippen molar-refractivity contribution in [2.24, 2.45) is 0 Å². The Balaban J connectivity index is 1.49. The molecule has 3 aromatic rings. The van der Waals surface area contributed by atoms with E-state index in [1.165, 1.54) is 22.2 Å². The second kappa shape index (κ2) is 8.16. The number of rotatable bonds is 5. The molecule has 0 bridgehead atoms. The highest BCUT2D eigenvalue weighted by atomic mass is 35.5. The first-order valence-corrected chi connectivity index (χ1v) is 10.9. The number of aromatic nitrogens is 2. The Morgan fingerprint density at radius 2 is 2.03 bits per heavy atom. The largest absolute Gasteiger partial charge is 0.370 e. The number of halogens is 1. The first-order valence-electron chi connectivity index (χ1n) is 9.73. The molecule has 3 heterocycles. The third-order valence-corrected chi connectivity index (χ3v) is 6.77. The zero-order valence-corrected chi connectivity index (χ0v) is 18.1. The van der Waals surface area contributed by atoms with Crippen LogP contribution in [0.4, 0.5) is 11.4 Å². The minimum absolute atomic E-state index is 0.0924. The van der Waals surface area contributed by atoms with E-state index in [1.807, 2.05) is 26.0 Å². The standard InChI is InChI=1S/C21H23ClN4O2S/c1-13-14(2)29-20-19(13)21(28)26(12-23-20)10-7-18(27)24-16-11-15(22)5-6-17(16)25-8-3-4-9-25/h5-6,11-12H,3-4,7-10H2,1-2H3,(H,24,27). The van der Waals surface area contributed by atoms with Gasteiger partial charge in [-0.05, 0) is 50.5 Å². The number of hydrogen-bond acceptors (Lipinski definition) is 5. The van der Waals surface area contributed by atoms with Gasteiger partial charge in [0.25, 0.3) is 5.56 Å². The summed E-state index contributed by atoms with van der Waals surface area (Å²) >= 11 is 7.67. The number of carbonyl (C=O) groups excluding carboxylic acids is 1. The highest BCUT2D eigenvalue weighted by Gasteiger charge is 2.18. The summed E-state index contributed by atoms with van der Waals surface area (Å²) in [5, 5.41) is 4.21. The lowest BCUT2D eigenvalue weighted by Gasteiger charge is -2.22. The number of fused-ring (bicyclic) bond motifs is 1. The van der Waals surface area contributed by atoms with E-state index >= 15 is 0 Å². The average Bonchev–Trinajstić information content (AvgIpc) is 3.30. The lowest BCUT2D eigenvalue weighted by Crippen LogP contribution is -2.24. The minimum Gasteiger partial charge on any atom is -0.370 e. The zero-order chi connectivity index (χ0) is 20.5. The SMILES string of the molecule is Cc1sc2ncn(CCC(=O)Nc3cc(Cl)ccc3N3CCCC3)c(=O)c2c1C. The Bertz CT molecular complexity index is 1130. The van der Waals surface area contributed by atoms with Crippen molar-refractivity contribution in [2.45, 2.75) is 39.7 Å². The molecule has 1 aliphatic heterocycles. The van der Waals surface area contributed by atoms with Gasteiger partial charge in [-0.15, -0.1) is 11.3 Å². The summed E-state index contributed by atoms with van der Waals surface area (Å²) in [6, 6.07) is 5.58. The smallest absolute Gasteiger partial charge is 0.262 e. The van der Waals surface area contributed by atoms with Crippen molar-refractivity contribution < 1.29 is 4.79 Å². The molecule has 152 valence electrons. The van der Waals surface area contributed by atoms with Crippen molar-refractivity contribution in [1.82, 2.24) is 9.55 Å². The number of nitrogens with one attached hydrogen (secondary N) is 1. The van der Waals surface area contributed by atoms with Crippen LogP contribution < -0.4 is 15.8 Å². The van der Waals surface area contributed by atoms with Gasteiger partial charge in [0, 0.05) is 36.0 Å². The van der Waals surface area contributed by atoms with Gasteiger partial charge in [0.2, 0.25) is 5.91 Å². The molecule has 1 aromatic carbocycles. The van der Waals surface area contributed by atoms with Crippen LogP contribution in [0.1, 0.15) is 29.7 Å². The topological polar surface area (TPSA) is 67.2 Å². The molecular weight excluding hydrogens is 408 g/mol. The molecule has 0 spiro atoms. The van der Waals surface area contributed by atoms with Crippen LogP contribution in [0.2, 0.25) is 5.02 Å². The first-order chi connectivity index (χ1) is 13.9. The molecule has 0 saturated carbocycles. The molecule has 0 aliphatic carbocycles. The Hall–Kier alpha value is -2.38. The van der Waals surface area contributed by atoms with Crippen LogP contribution in [0.3, 0.4) is 0 Å². The van der Waals surface area contributed by atoms with Crippen molar-refractivity contribution in [3.63, 3.8) is 0 Å². The molecule has 1 saturated heterocycles. The molecule has 6 nitrogen and oxygen atoms in total. The molecule has 4 rings (SSSR count). The molecule has 1 N–H and O–H groups in total. The number of anilines is 2. The fraction of sp³-hybridized carbons (Fsp3) is 0.381. The molecule has 0 atom stereocenters. The van der Waals surface area contributed by atoms with Crippen LogP contribution in [-0.2, 0) is 11.3 Å². The fourth-order valence-corrected chi connectivity index (χ4v) is 4.87. The third-order valence-electron chi connectivity index (χ3n) is 5.42. The van der Waals surface area contributed by atoms with Crippen LogP contribution in [0.15, 0.2) is 29.3 Å². The van der Waals surface area contributed by atoms with E-state index in [1.54, 1.807) is 6.07 Å². The van der Waals surface area contributed by atoms with E-state index in [2.05, 4.69) is 15.2 Å². The van der Waals surface area contributed by atoms with E-state index < -0.39 is 0 Å². The fourth-order valence-electron chi connectivity index (χ4n) is 3.71. The Morgan fingerprint density at radius 3 is 2.79 bits per heavy atom. The number of hydrogen-bond donors (Lipinski definition) is 1. The number of nitrogens with zero attached hydrogens (tertiary/aromatic N) is 3. The summed E-state index contributed by atoms with van der Waals surface area (Å²) in [4.78, 5) is 33.9. The van der Waals surface area contributed by atoms with Crippen molar-refractivity contribution in [2.75, 3.05) is 23.3 Å². The van der Waals surface area contributed by atoms with Crippen molar-refractivity contribution in [3.8, 4) is 0 Å². The predicted octanol–water partition coefficient (Wildman–Crippen LogP) is 4.36. The molecule has 0 radical (unpaired) electrons. The molecule has 29 heavy (non-hydrogen) atoms. The minimum atomic E-state index is -0.155. The number of amides is 1. The predicted molar refractivity (Wildman–Crippen MR) is 119 cm³/mol. The van der Waals surface area contributed by atoms with E-state index in [-0.39, 0.29) is 24.4 Å². The number of benzene rings is 1. The van der Waals surface area contributed by atoms with Gasteiger partial charge in [0.1, 0.15) is 4.83 Å². The summed E-state index contributed by atoms with van der Waals surface area (Å²) in [7, 11) is 0. The van der Waals surface area contributed by atoms with Gasteiger partial charge >= 0.3 is 0 Å². The highest BCUT2D eigenvalue weighted by Crippen LogP contribution is 2.31. The third kappa shape index (κ3) is 4.02. The Kier molecular flexibility index (Phi) is 5.61. The van der Waals surface area contributed by atoms with Gasteiger partial charge in [-0.3, -0.25) is 14.2 Å². The van der Waals surface area contributed by atoms with Crippen LogP contribution in [0, 0.1) is 13.8 Å². The molecule has 1 fully saturated rings. The van der Waals surface area contributed by atoms with Gasteiger partial charge in [0.15, 0.2) is 0 Å². The van der Waals surface area contributed by atoms with Gasteiger partial charge < -0.3 is 10.2 Å². The van der Waals surface area contributed by atoms with Crippen molar-refractivity contribution in [1.29, 1.82) is 0 Å². The normalized spacial score (nSPS) is 14.0. The molecule has 1 aliphatic rings. The maximum atomic E-state index is 12.8. The summed E-state index contributed by atoms with van der Waals surface area (Å²) in [6.07, 6.45) is 4.01. The maximum Gasteiger partial charge on any atom is 0.262 e. The average molecular weight is 431 g/mol. The second-order valence-corrected chi connectivity index (χ2v) is 9.00. The lowest BCUT2D eigenvalue weighted by atomic mass is 10.2. The van der Waals surface area contributed by atoms with E-state index in [4.69, 9.17) is 11.6 Å². The lowest BCUT2D eigenvalue weighted by molar-refractivity contribution is -0.116. The molecule has 1 amide bonds. The number of carbonyl (C=O) groups is 1. The summed E-state index contributed by atoms with van der Waals surface area (Å²) in [5.41, 5.74) is 2.58. The molecule has 0 unspecified atom stereocenters. The summed E-state index contributed by atoms with van der Waals surface area (Å²) < 4.78 is 1.51. The Morgan fingerprint density at radius 1 is 1.28 bits per heavy atom. The van der Waals surface area contributed by atoms with Crippen LogP contribution in [-0.4, -0.2) is 28.5 Å². The second-order valence-electron chi connectivity index (χ2n) is 7.36. The van der Waals surface area contributed by atoms with Crippen LogP contribution >= 0.6 is 22.9 Å². The monoisotopic (exact) mass is 430 g/mol. The van der Waals surface area contributed by atoms with Gasteiger partial charge in [-0.25, -0.2) is 4.98 Å². The number of thiophene rings is 1. The van der Waals surface area contributed by atoms with Gasteiger partial charge in [-0.2, -0.15) is 0 Å². The van der Waals surface area contributed by atoms with Gasteiger partial charge in [-0.1, -0.05) is 11.6 Å². The van der Waals surface area contributed by atoms with E-state index in [0.717, 1.165) is 52.6 Å². The van der Waals surface area contributed by atoms with Crippen LogP contribution in [0.5, 0.6) is 0 Å². The van der Waals surface area contributed by atoms with Gasteiger partial charge in [0.05, 0.1) is 23.1 Å². The first kappa shape index (κ1) is 19.9. The summed E-state index contributed by atoms with van der Waals surface area (Å²) in [5.74, 6) is -0.155. The van der Waals surface area contributed by atoms with Crippen LogP contribution in [0.25, 0.3) is 10.2 Å². The highest BCUT2D eigenvalue weighted by molar-refractivity contribution is 7.18. The molecule has 8 heteroatoms. The quantitative estimate of drug-likeness (QED) is 0.653.